The van der Waals surface area contributed by atoms with Crippen molar-refractivity contribution in [1.82, 2.24) is 0 Å². The predicted octanol–water partition coefficient (Wildman–Crippen LogP) is 1.38. The van der Waals surface area contributed by atoms with Crippen molar-refractivity contribution in [1.29, 1.82) is 0 Å². The maximum absolute atomic E-state index is 10.9. The van der Waals surface area contributed by atoms with Gasteiger partial charge < -0.3 is 11.1 Å². The van der Waals surface area contributed by atoms with Crippen molar-refractivity contribution in [3.8, 4) is 0 Å². The van der Waals surface area contributed by atoms with Gasteiger partial charge in [0.1, 0.15) is 0 Å². The number of para-hydroxylation sites is 1. The summed E-state index contributed by atoms with van der Waals surface area (Å²) in [6.07, 6.45) is 1.72. The molecule has 0 bridgehead atoms. The van der Waals surface area contributed by atoms with Gasteiger partial charge in [0.15, 0.2) is 0 Å². The van der Waals surface area contributed by atoms with Crippen LogP contribution in [-0.4, -0.2) is 12.5 Å². The Kier molecular flexibility index (Phi) is 3.09. The second kappa shape index (κ2) is 4.30. The molecule has 0 spiro atoms. The van der Waals surface area contributed by atoms with E-state index >= 15 is 0 Å². The topological polar surface area (TPSA) is 55.1 Å². The zero-order valence-corrected chi connectivity index (χ0v) is 7.29. The summed E-state index contributed by atoms with van der Waals surface area (Å²) < 4.78 is 0. The maximum Gasteiger partial charge on any atom is 0.250 e. The third-order valence-electron chi connectivity index (χ3n) is 1.63. The van der Waals surface area contributed by atoms with Gasteiger partial charge >= 0.3 is 0 Å². The molecule has 0 radical (unpaired) electrons. The first kappa shape index (κ1) is 9.32. The van der Waals surface area contributed by atoms with Crippen LogP contribution in [0.2, 0.25) is 0 Å². The Morgan fingerprint density at radius 2 is 2.23 bits per heavy atom. The minimum Gasteiger partial charge on any atom is -0.381 e. The SMILES string of the molecule is C=CCNc1ccccc1C(N)=O. The van der Waals surface area contributed by atoms with Crippen molar-refractivity contribution in [3.63, 3.8) is 0 Å². The number of nitrogens with one attached hydrogen (secondary N) is 1. The third kappa shape index (κ3) is 2.33. The standard InChI is InChI=1S/C10H12N2O/c1-2-7-12-9-6-4-3-5-8(9)10(11)13/h2-6,12H,1,7H2,(H2,11,13). The number of primary amides is 1. The Labute approximate surface area is 77.3 Å². The highest BCUT2D eigenvalue weighted by Gasteiger charge is 2.04. The van der Waals surface area contributed by atoms with E-state index < -0.39 is 5.91 Å². The Hall–Kier alpha value is -1.77. The Balaban J connectivity index is 2.90. The fourth-order valence-corrected chi connectivity index (χ4v) is 1.03. The Morgan fingerprint density at radius 1 is 1.54 bits per heavy atom. The van der Waals surface area contributed by atoms with Crippen LogP contribution in [0.4, 0.5) is 5.69 Å². The number of hydrogen-bond donors (Lipinski definition) is 2. The molecule has 0 aromatic heterocycles. The molecule has 0 saturated carbocycles. The first-order chi connectivity index (χ1) is 6.25. The molecular formula is C10H12N2O. The van der Waals surface area contributed by atoms with Crippen LogP contribution in [0.1, 0.15) is 10.4 Å². The minimum atomic E-state index is -0.424. The summed E-state index contributed by atoms with van der Waals surface area (Å²) in [7, 11) is 0. The van der Waals surface area contributed by atoms with Gasteiger partial charge in [-0.25, -0.2) is 0 Å². The van der Waals surface area contributed by atoms with Gasteiger partial charge in [-0.05, 0) is 12.1 Å². The van der Waals surface area contributed by atoms with E-state index in [9.17, 15) is 4.79 Å². The summed E-state index contributed by atoms with van der Waals surface area (Å²) in [5, 5.41) is 3.03. The summed E-state index contributed by atoms with van der Waals surface area (Å²) in [6.45, 7) is 4.19. The average Bonchev–Trinajstić information content (AvgIpc) is 2.15. The number of nitrogens with two attached hydrogens (primary N) is 1. The van der Waals surface area contributed by atoms with Crippen LogP contribution in [0.25, 0.3) is 0 Å². The summed E-state index contributed by atoms with van der Waals surface area (Å²) in [5.41, 5.74) is 6.43. The number of rotatable bonds is 4. The molecule has 13 heavy (non-hydrogen) atoms. The number of amides is 1. The lowest BCUT2D eigenvalue weighted by atomic mass is 10.1. The van der Waals surface area contributed by atoms with Gasteiger partial charge in [0.2, 0.25) is 0 Å². The molecule has 68 valence electrons. The van der Waals surface area contributed by atoms with Crippen LogP contribution in [0.3, 0.4) is 0 Å². The van der Waals surface area contributed by atoms with Crippen molar-refractivity contribution < 1.29 is 4.79 Å². The van der Waals surface area contributed by atoms with Crippen LogP contribution in [0.5, 0.6) is 0 Å². The molecule has 0 atom stereocenters. The fourth-order valence-electron chi connectivity index (χ4n) is 1.03. The van der Waals surface area contributed by atoms with E-state index in [1.807, 2.05) is 12.1 Å². The van der Waals surface area contributed by atoms with Gasteiger partial charge in [-0.2, -0.15) is 0 Å². The van der Waals surface area contributed by atoms with Crippen molar-refractivity contribution in [2.24, 2.45) is 5.73 Å². The molecule has 1 aromatic carbocycles. The molecule has 0 heterocycles. The first-order valence-electron chi connectivity index (χ1n) is 3.99. The maximum atomic E-state index is 10.9. The summed E-state index contributed by atoms with van der Waals surface area (Å²) >= 11 is 0. The van der Waals surface area contributed by atoms with Crippen LogP contribution in [0, 0.1) is 0 Å². The molecule has 1 amide bonds. The number of anilines is 1. The Morgan fingerprint density at radius 3 is 2.85 bits per heavy atom. The lowest BCUT2D eigenvalue weighted by Crippen LogP contribution is -2.14. The molecule has 0 unspecified atom stereocenters. The Bertz CT molecular complexity index is 320. The third-order valence-corrected chi connectivity index (χ3v) is 1.63. The van der Waals surface area contributed by atoms with Gasteiger partial charge in [-0.3, -0.25) is 4.79 Å². The zero-order valence-electron chi connectivity index (χ0n) is 7.29. The molecule has 3 N–H and O–H groups in total. The molecule has 0 aliphatic rings. The molecular weight excluding hydrogens is 164 g/mol. The van der Waals surface area contributed by atoms with Gasteiger partial charge in [-0.15, -0.1) is 6.58 Å². The van der Waals surface area contributed by atoms with E-state index in [1.165, 1.54) is 0 Å². The highest BCUT2D eigenvalue weighted by Crippen LogP contribution is 2.13. The molecule has 3 nitrogen and oxygen atoms in total. The highest BCUT2D eigenvalue weighted by atomic mass is 16.1. The largest absolute Gasteiger partial charge is 0.381 e. The summed E-state index contributed by atoms with van der Waals surface area (Å²) in [5.74, 6) is -0.424. The molecule has 0 fully saturated rings. The van der Waals surface area contributed by atoms with E-state index in [0.717, 1.165) is 5.69 Å². The lowest BCUT2D eigenvalue weighted by molar-refractivity contribution is 0.100. The normalized spacial score (nSPS) is 9.23. The fraction of sp³-hybridized carbons (Fsp3) is 0.100. The molecule has 0 aliphatic carbocycles. The van der Waals surface area contributed by atoms with Crippen molar-refractivity contribution in [3.05, 3.63) is 42.5 Å². The minimum absolute atomic E-state index is 0.424. The van der Waals surface area contributed by atoms with Crippen LogP contribution < -0.4 is 11.1 Å². The van der Waals surface area contributed by atoms with E-state index in [-0.39, 0.29) is 0 Å². The molecule has 3 heteroatoms. The van der Waals surface area contributed by atoms with E-state index in [4.69, 9.17) is 5.73 Å². The van der Waals surface area contributed by atoms with Crippen molar-refractivity contribution >= 4 is 11.6 Å². The van der Waals surface area contributed by atoms with Gasteiger partial charge in [0.25, 0.3) is 5.91 Å². The average molecular weight is 176 g/mol. The monoisotopic (exact) mass is 176 g/mol. The number of carbonyl (C=O) groups is 1. The van der Waals surface area contributed by atoms with Crippen molar-refractivity contribution in [2.75, 3.05) is 11.9 Å². The molecule has 1 rings (SSSR count). The van der Waals surface area contributed by atoms with E-state index in [2.05, 4.69) is 11.9 Å². The van der Waals surface area contributed by atoms with E-state index in [1.54, 1.807) is 18.2 Å². The lowest BCUT2D eigenvalue weighted by Gasteiger charge is -2.06. The van der Waals surface area contributed by atoms with Crippen LogP contribution in [-0.2, 0) is 0 Å². The van der Waals surface area contributed by atoms with Crippen LogP contribution in [0.15, 0.2) is 36.9 Å². The summed E-state index contributed by atoms with van der Waals surface area (Å²) in [4.78, 5) is 10.9. The van der Waals surface area contributed by atoms with Gasteiger partial charge in [0.05, 0.1) is 5.56 Å². The number of carbonyl (C=O) groups excluding carboxylic acids is 1. The second-order valence-electron chi connectivity index (χ2n) is 2.58. The summed E-state index contributed by atoms with van der Waals surface area (Å²) in [6, 6.07) is 7.12. The smallest absolute Gasteiger partial charge is 0.250 e. The molecule has 1 aromatic rings. The second-order valence-corrected chi connectivity index (χ2v) is 2.58. The molecule has 0 saturated heterocycles. The quantitative estimate of drug-likeness (QED) is 0.681. The van der Waals surface area contributed by atoms with Crippen molar-refractivity contribution in [2.45, 2.75) is 0 Å². The highest BCUT2D eigenvalue weighted by molar-refractivity contribution is 5.98. The predicted molar refractivity (Wildman–Crippen MR) is 53.6 cm³/mol. The first-order valence-corrected chi connectivity index (χ1v) is 3.99. The van der Waals surface area contributed by atoms with Crippen LogP contribution >= 0.6 is 0 Å². The number of benzene rings is 1. The molecule has 0 aliphatic heterocycles. The zero-order chi connectivity index (χ0) is 9.68. The van der Waals surface area contributed by atoms with E-state index in [0.29, 0.717) is 12.1 Å². The van der Waals surface area contributed by atoms with Gasteiger partial charge in [-0.1, -0.05) is 18.2 Å². The number of hydrogen-bond acceptors (Lipinski definition) is 2. The van der Waals surface area contributed by atoms with Gasteiger partial charge in [0, 0.05) is 12.2 Å².